The zero-order chi connectivity index (χ0) is 14.5. The van der Waals surface area contributed by atoms with E-state index in [0.29, 0.717) is 17.0 Å². The predicted molar refractivity (Wildman–Crippen MR) is 72.0 cm³/mol. The SMILES string of the molecule is CC(=O)c1cccc(OCc2cccc(C(=O)O)n2)c1. The van der Waals surface area contributed by atoms with Crippen LogP contribution in [0.25, 0.3) is 0 Å². The first kappa shape index (κ1) is 13.7. The molecule has 5 heteroatoms. The van der Waals surface area contributed by atoms with E-state index < -0.39 is 5.97 Å². The highest BCUT2D eigenvalue weighted by atomic mass is 16.5. The van der Waals surface area contributed by atoms with E-state index in [1.165, 1.54) is 13.0 Å². The van der Waals surface area contributed by atoms with E-state index in [-0.39, 0.29) is 18.1 Å². The van der Waals surface area contributed by atoms with Gasteiger partial charge in [-0.2, -0.15) is 0 Å². The van der Waals surface area contributed by atoms with Crippen molar-refractivity contribution in [1.82, 2.24) is 4.98 Å². The van der Waals surface area contributed by atoms with Crippen molar-refractivity contribution in [1.29, 1.82) is 0 Å². The lowest BCUT2D eigenvalue weighted by Crippen LogP contribution is -2.05. The van der Waals surface area contributed by atoms with E-state index >= 15 is 0 Å². The maximum Gasteiger partial charge on any atom is 0.354 e. The summed E-state index contributed by atoms with van der Waals surface area (Å²) in [7, 11) is 0. The number of ether oxygens (including phenoxy) is 1. The van der Waals surface area contributed by atoms with Crippen molar-refractivity contribution in [3.05, 3.63) is 59.4 Å². The van der Waals surface area contributed by atoms with Gasteiger partial charge in [-0.1, -0.05) is 18.2 Å². The number of aromatic carboxylic acids is 1. The van der Waals surface area contributed by atoms with Gasteiger partial charge in [0.15, 0.2) is 5.78 Å². The standard InChI is InChI=1S/C15H13NO4/c1-10(17)11-4-2-6-13(8-11)20-9-12-5-3-7-14(16-12)15(18)19/h2-8H,9H2,1H3,(H,18,19). The topological polar surface area (TPSA) is 76.5 Å². The number of carbonyl (C=O) groups is 2. The fraction of sp³-hybridized carbons (Fsp3) is 0.133. The highest BCUT2D eigenvalue weighted by Gasteiger charge is 2.06. The second-order valence-electron chi connectivity index (χ2n) is 4.19. The molecule has 0 aliphatic rings. The van der Waals surface area contributed by atoms with Gasteiger partial charge in [0.05, 0.1) is 5.69 Å². The minimum Gasteiger partial charge on any atom is -0.487 e. The second kappa shape index (κ2) is 5.97. The smallest absolute Gasteiger partial charge is 0.354 e. The Balaban J connectivity index is 2.08. The molecule has 1 N–H and O–H groups in total. The summed E-state index contributed by atoms with van der Waals surface area (Å²) in [6.07, 6.45) is 0. The van der Waals surface area contributed by atoms with Crippen molar-refractivity contribution in [3.8, 4) is 5.75 Å². The van der Waals surface area contributed by atoms with Gasteiger partial charge in [0.2, 0.25) is 0 Å². The highest BCUT2D eigenvalue weighted by Crippen LogP contribution is 2.15. The number of hydrogen-bond donors (Lipinski definition) is 1. The van der Waals surface area contributed by atoms with Crippen LogP contribution in [0, 0.1) is 0 Å². The van der Waals surface area contributed by atoms with E-state index in [0.717, 1.165) is 0 Å². The lowest BCUT2D eigenvalue weighted by atomic mass is 10.1. The van der Waals surface area contributed by atoms with E-state index in [4.69, 9.17) is 9.84 Å². The van der Waals surface area contributed by atoms with Gasteiger partial charge in [-0.3, -0.25) is 4.79 Å². The monoisotopic (exact) mass is 271 g/mol. The molecule has 0 radical (unpaired) electrons. The number of pyridine rings is 1. The zero-order valence-electron chi connectivity index (χ0n) is 10.9. The summed E-state index contributed by atoms with van der Waals surface area (Å²) in [5, 5.41) is 8.85. The van der Waals surface area contributed by atoms with Crippen molar-refractivity contribution in [2.45, 2.75) is 13.5 Å². The van der Waals surface area contributed by atoms with Crippen LogP contribution in [-0.4, -0.2) is 21.8 Å². The number of nitrogens with zero attached hydrogens (tertiary/aromatic N) is 1. The Hall–Kier alpha value is -2.69. The minimum absolute atomic E-state index is 0.0245. The Morgan fingerprint density at radius 1 is 1.20 bits per heavy atom. The molecule has 0 aliphatic carbocycles. The Labute approximate surface area is 115 Å². The number of carbonyl (C=O) groups excluding carboxylic acids is 1. The predicted octanol–water partition coefficient (Wildman–Crippen LogP) is 2.56. The molecule has 0 saturated heterocycles. The van der Waals surface area contributed by atoms with Gasteiger partial charge in [-0.05, 0) is 31.2 Å². The number of carboxylic acids is 1. The van der Waals surface area contributed by atoms with Gasteiger partial charge < -0.3 is 9.84 Å². The van der Waals surface area contributed by atoms with Crippen LogP contribution in [0.3, 0.4) is 0 Å². The van der Waals surface area contributed by atoms with E-state index in [1.54, 1.807) is 36.4 Å². The molecule has 0 spiro atoms. The van der Waals surface area contributed by atoms with Crippen LogP contribution in [0.15, 0.2) is 42.5 Å². The number of Topliss-reactive ketones (excluding diaryl/α,β-unsaturated/α-hetero) is 1. The Bertz CT molecular complexity index is 594. The molecule has 5 nitrogen and oxygen atoms in total. The number of hydrogen-bond acceptors (Lipinski definition) is 4. The fourth-order valence-electron chi connectivity index (χ4n) is 1.64. The quantitative estimate of drug-likeness (QED) is 0.846. The van der Waals surface area contributed by atoms with E-state index in [9.17, 15) is 9.59 Å². The molecule has 0 amide bonds. The van der Waals surface area contributed by atoms with E-state index in [1.807, 2.05) is 0 Å². The molecule has 0 unspecified atom stereocenters. The molecule has 0 atom stereocenters. The van der Waals surface area contributed by atoms with Gasteiger partial charge in [0.25, 0.3) is 0 Å². The third kappa shape index (κ3) is 3.41. The molecule has 2 aromatic rings. The first-order valence-electron chi connectivity index (χ1n) is 5.99. The molecule has 1 aromatic carbocycles. The van der Waals surface area contributed by atoms with Gasteiger partial charge in [0, 0.05) is 5.56 Å². The lowest BCUT2D eigenvalue weighted by molar-refractivity contribution is 0.0689. The Morgan fingerprint density at radius 3 is 2.65 bits per heavy atom. The summed E-state index contributed by atoms with van der Waals surface area (Å²) in [4.78, 5) is 26.0. The number of ketones is 1. The fourth-order valence-corrected chi connectivity index (χ4v) is 1.64. The molecule has 102 valence electrons. The summed E-state index contributed by atoms with van der Waals surface area (Å²) in [6, 6.07) is 11.5. The molecule has 1 aromatic heterocycles. The molecular formula is C15H13NO4. The van der Waals surface area contributed by atoms with Crippen molar-refractivity contribution in [2.24, 2.45) is 0 Å². The van der Waals surface area contributed by atoms with Crippen LogP contribution in [0.5, 0.6) is 5.75 Å². The van der Waals surface area contributed by atoms with Gasteiger partial charge >= 0.3 is 5.97 Å². The maximum atomic E-state index is 11.3. The molecule has 20 heavy (non-hydrogen) atoms. The average Bonchev–Trinajstić information content (AvgIpc) is 2.45. The van der Waals surface area contributed by atoms with Crippen LogP contribution in [0.4, 0.5) is 0 Å². The molecule has 1 heterocycles. The van der Waals surface area contributed by atoms with Crippen molar-refractivity contribution >= 4 is 11.8 Å². The number of carboxylic acid groups (broad SMARTS) is 1. The third-order valence-corrected chi connectivity index (χ3v) is 2.65. The number of aromatic nitrogens is 1. The van der Waals surface area contributed by atoms with E-state index in [2.05, 4.69) is 4.98 Å². The minimum atomic E-state index is -1.08. The number of benzene rings is 1. The number of rotatable bonds is 5. The van der Waals surface area contributed by atoms with Crippen LogP contribution >= 0.6 is 0 Å². The molecule has 0 bridgehead atoms. The van der Waals surface area contributed by atoms with Crippen LogP contribution in [-0.2, 0) is 6.61 Å². The van der Waals surface area contributed by atoms with Gasteiger partial charge in [-0.15, -0.1) is 0 Å². The molecule has 0 fully saturated rings. The summed E-state index contributed by atoms with van der Waals surface area (Å²) < 4.78 is 5.51. The first-order valence-corrected chi connectivity index (χ1v) is 5.99. The van der Waals surface area contributed by atoms with Crippen molar-refractivity contribution in [2.75, 3.05) is 0 Å². The van der Waals surface area contributed by atoms with Crippen LogP contribution in [0.1, 0.15) is 33.5 Å². The summed E-state index contributed by atoms with van der Waals surface area (Å²) in [6.45, 7) is 1.62. The molecular weight excluding hydrogens is 258 g/mol. The van der Waals surface area contributed by atoms with Gasteiger partial charge in [-0.25, -0.2) is 9.78 Å². The molecule has 0 aliphatic heterocycles. The molecule has 0 saturated carbocycles. The normalized spacial score (nSPS) is 10.1. The first-order chi connectivity index (χ1) is 9.56. The third-order valence-electron chi connectivity index (χ3n) is 2.65. The Morgan fingerprint density at radius 2 is 1.95 bits per heavy atom. The molecule has 2 rings (SSSR count). The second-order valence-corrected chi connectivity index (χ2v) is 4.19. The van der Waals surface area contributed by atoms with Crippen LogP contribution in [0.2, 0.25) is 0 Å². The Kier molecular flexibility index (Phi) is 4.10. The highest BCUT2D eigenvalue weighted by molar-refractivity contribution is 5.94. The van der Waals surface area contributed by atoms with Gasteiger partial charge in [0.1, 0.15) is 18.1 Å². The average molecular weight is 271 g/mol. The summed E-state index contributed by atoms with van der Waals surface area (Å²) in [5.74, 6) is -0.577. The largest absolute Gasteiger partial charge is 0.487 e. The summed E-state index contributed by atoms with van der Waals surface area (Å²) >= 11 is 0. The maximum absolute atomic E-state index is 11.3. The lowest BCUT2D eigenvalue weighted by Gasteiger charge is -2.07. The zero-order valence-corrected chi connectivity index (χ0v) is 10.9. The van der Waals surface area contributed by atoms with Crippen molar-refractivity contribution < 1.29 is 19.4 Å². The summed E-state index contributed by atoms with van der Waals surface area (Å²) in [5.41, 5.74) is 1.05. The van der Waals surface area contributed by atoms with Crippen molar-refractivity contribution in [3.63, 3.8) is 0 Å². The van der Waals surface area contributed by atoms with Crippen LogP contribution < -0.4 is 4.74 Å².